The molecule has 0 atom stereocenters. The highest BCUT2D eigenvalue weighted by Gasteiger charge is 2.12. The Bertz CT molecular complexity index is 782. The van der Waals surface area contributed by atoms with Crippen molar-refractivity contribution >= 4 is 28.7 Å². The number of hydrogen-bond donors (Lipinski definition) is 2. The van der Waals surface area contributed by atoms with Gasteiger partial charge in [0.2, 0.25) is 0 Å². The predicted molar refractivity (Wildman–Crippen MR) is 78.6 cm³/mol. The van der Waals surface area contributed by atoms with Crippen molar-refractivity contribution in [3.05, 3.63) is 68.6 Å². The van der Waals surface area contributed by atoms with Crippen LogP contribution in [0.15, 0.2) is 47.6 Å². The van der Waals surface area contributed by atoms with Crippen LogP contribution in [0.4, 0.5) is 22.7 Å². The Balaban J connectivity index is 2.34. The third kappa shape index (κ3) is 3.30. The highest BCUT2D eigenvalue weighted by molar-refractivity contribution is 5.96. The molecule has 0 aromatic heterocycles. The average molecular weight is 299 g/mol. The van der Waals surface area contributed by atoms with Crippen LogP contribution in [0, 0.1) is 10.1 Å². The van der Waals surface area contributed by atoms with Crippen molar-refractivity contribution in [1.29, 1.82) is 0 Å². The summed E-state index contributed by atoms with van der Waals surface area (Å²) in [7, 11) is 0. The van der Waals surface area contributed by atoms with E-state index in [2.05, 4.69) is 15.3 Å². The Morgan fingerprint density at radius 3 is 2.50 bits per heavy atom. The lowest BCUT2D eigenvalue weighted by molar-refractivity contribution is -0.384. The molecule has 22 heavy (non-hydrogen) atoms. The number of rotatable bonds is 5. The number of benzene rings is 2. The van der Waals surface area contributed by atoms with Crippen LogP contribution in [0.2, 0.25) is 0 Å². The number of azide groups is 1. The molecule has 2 rings (SSSR count). The zero-order chi connectivity index (χ0) is 16.1. The van der Waals surface area contributed by atoms with Crippen LogP contribution in [0.3, 0.4) is 0 Å². The molecule has 9 nitrogen and oxygen atoms in total. The minimum absolute atomic E-state index is 0.0669. The summed E-state index contributed by atoms with van der Waals surface area (Å²) in [6.45, 7) is 0. The molecule has 0 saturated heterocycles. The fraction of sp³-hybridized carbons (Fsp3) is 0. The van der Waals surface area contributed by atoms with E-state index in [0.717, 1.165) is 0 Å². The molecule has 2 N–H and O–H groups in total. The maximum absolute atomic E-state index is 11.2. The smallest absolute Gasteiger partial charge is 0.337 e. The van der Waals surface area contributed by atoms with Gasteiger partial charge in [-0.3, -0.25) is 10.1 Å². The van der Waals surface area contributed by atoms with Gasteiger partial charge in [-0.05, 0) is 29.8 Å². The van der Waals surface area contributed by atoms with E-state index in [-0.39, 0.29) is 22.6 Å². The number of anilines is 2. The first-order valence-electron chi connectivity index (χ1n) is 5.95. The molecule has 110 valence electrons. The number of nitrogens with one attached hydrogen (secondary N) is 1. The van der Waals surface area contributed by atoms with Crippen LogP contribution in [0.1, 0.15) is 10.4 Å². The first-order valence-corrected chi connectivity index (χ1v) is 5.95. The number of hydrogen-bond acceptors (Lipinski definition) is 5. The van der Waals surface area contributed by atoms with Crippen molar-refractivity contribution in [2.75, 3.05) is 5.32 Å². The average Bonchev–Trinajstić information content (AvgIpc) is 2.49. The molecule has 0 heterocycles. The first-order chi connectivity index (χ1) is 10.5. The van der Waals surface area contributed by atoms with Crippen molar-refractivity contribution in [3.63, 3.8) is 0 Å². The lowest BCUT2D eigenvalue weighted by atomic mass is 10.1. The molecule has 0 spiro atoms. The minimum atomic E-state index is -1.19. The van der Waals surface area contributed by atoms with Gasteiger partial charge in [-0.2, -0.15) is 0 Å². The van der Waals surface area contributed by atoms with E-state index in [4.69, 9.17) is 5.53 Å². The predicted octanol–water partition coefficient (Wildman–Crippen LogP) is 3.98. The molecular formula is C13H9N5O4. The van der Waals surface area contributed by atoms with Crippen LogP contribution in [0.25, 0.3) is 10.4 Å². The summed E-state index contributed by atoms with van der Waals surface area (Å²) in [4.78, 5) is 23.9. The number of carboxylic acid groups (broad SMARTS) is 1. The lowest BCUT2D eigenvalue weighted by Crippen LogP contribution is -2.02. The number of carboxylic acids is 1. The van der Waals surface area contributed by atoms with Crippen molar-refractivity contribution in [2.45, 2.75) is 0 Å². The van der Waals surface area contributed by atoms with Gasteiger partial charge in [0, 0.05) is 28.4 Å². The van der Waals surface area contributed by atoms with E-state index in [1.807, 2.05) is 0 Å². The van der Waals surface area contributed by atoms with Crippen molar-refractivity contribution < 1.29 is 14.8 Å². The normalized spacial score (nSPS) is 9.64. The fourth-order valence-corrected chi connectivity index (χ4v) is 1.75. The zero-order valence-corrected chi connectivity index (χ0v) is 11.0. The summed E-state index contributed by atoms with van der Waals surface area (Å²) in [5.41, 5.74) is 9.16. The highest BCUT2D eigenvalue weighted by atomic mass is 16.6. The van der Waals surface area contributed by atoms with E-state index in [9.17, 15) is 20.0 Å². The molecule has 0 bridgehead atoms. The maximum Gasteiger partial charge on any atom is 0.337 e. The van der Waals surface area contributed by atoms with Gasteiger partial charge in [-0.25, -0.2) is 4.79 Å². The Labute approximate surface area is 123 Å². The van der Waals surface area contributed by atoms with Gasteiger partial charge in [0.15, 0.2) is 0 Å². The Kier molecular flexibility index (Phi) is 4.21. The molecule has 0 saturated carbocycles. The molecular weight excluding hydrogens is 290 g/mol. The van der Waals surface area contributed by atoms with Gasteiger partial charge < -0.3 is 10.4 Å². The number of nitrogens with zero attached hydrogens (tertiary/aromatic N) is 4. The van der Waals surface area contributed by atoms with Gasteiger partial charge >= 0.3 is 5.97 Å². The number of nitro benzene ring substituents is 1. The van der Waals surface area contributed by atoms with E-state index in [1.54, 1.807) is 0 Å². The van der Waals surface area contributed by atoms with Gasteiger partial charge in [-0.1, -0.05) is 11.2 Å². The molecule has 0 radical (unpaired) electrons. The number of nitro groups is 1. The van der Waals surface area contributed by atoms with Crippen LogP contribution < -0.4 is 5.32 Å². The van der Waals surface area contributed by atoms with E-state index in [1.165, 1.54) is 42.5 Å². The third-order valence-electron chi connectivity index (χ3n) is 2.75. The minimum Gasteiger partial charge on any atom is -0.478 e. The van der Waals surface area contributed by atoms with Crippen LogP contribution in [0.5, 0.6) is 0 Å². The molecule has 0 aliphatic rings. The summed E-state index contributed by atoms with van der Waals surface area (Å²) in [5, 5.41) is 26.0. The molecule has 0 aliphatic heterocycles. The van der Waals surface area contributed by atoms with E-state index in [0.29, 0.717) is 5.69 Å². The van der Waals surface area contributed by atoms with Crippen molar-refractivity contribution in [2.24, 2.45) is 5.11 Å². The zero-order valence-electron chi connectivity index (χ0n) is 11.0. The lowest BCUT2D eigenvalue weighted by Gasteiger charge is -2.10. The molecule has 2 aromatic carbocycles. The molecule has 9 heteroatoms. The topological polar surface area (TPSA) is 141 Å². The summed E-state index contributed by atoms with van der Waals surface area (Å²) < 4.78 is 0. The maximum atomic E-state index is 11.2. The van der Waals surface area contributed by atoms with Crippen LogP contribution in [-0.2, 0) is 0 Å². The second-order valence-electron chi connectivity index (χ2n) is 4.15. The molecule has 0 amide bonds. The van der Waals surface area contributed by atoms with Crippen molar-refractivity contribution in [3.8, 4) is 0 Å². The Morgan fingerprint density at radius 2 is 1.95 bits per heavy atom. The number of non-ortho nitro benzene ring substituents is 1. The molecule has 0 aliphatic carbocycles. The van der Waals surface area contributed by atoms with E-state index >= 15 is 0 Å². The summed E-state index contributed by atoms with van der Waals surface area (Å²) >= 11 is 0. The summed E-state index contributed by atoms with van der Waals surface area (Å²) in [6, 6.07) is 9.68. The summed E-state index contributed by atoms with van der Waals surface area (Å²) in [6.07, 6.45) is 0. The van der Waals surface area contributed by atoms with Crippen LogP contribution in [-0.4, -0.2) is 16.0 Å². The monoisotopic (exact) mass is 299 g/mol. The highest BCUT2D eigenvalue weighted by Crippen LogP contribution is 2.26. The second-order valence-corrected chi connectivity index (χ2v) is 4.15. The Hall–Kier alpha value is -3.58. The fourth-order valence-electron chi connectivity index (χ4n) is 1.75. The van der Waals surface area contributed by atoms with Crippen LogP contribution >= 0.6 is 0 Å². The second kappa shape index (κ2) is 6.25. The Morgan fingerprint density at radius 1 is 1.27 bits per heavy atom. The first kappa shape index (κ1) is 14.8. The molecule has 0 unspecified atom stereocenters. The quantitative estimate of drug-likeness (QED) is 0.282. The van der Waals surface area contributed by atoms with Gasteiger partial charge in [0.25, 0.3) is 5.69 Å². The molecule has 0 fully saturated rings. The number of aromatic carboxylic acids is 1. The largest absolute Gasteiger partial charge is 0.478 e. The SMILES string of the molecule is [N-]=[N+]=Nc1ccc(Nc2ccc([N+](=O)[O-])cc2)c(C(=O)O)c1. The van der Waals surface area contributed by atoms with Gasteiger partial charge in [0.1, 0.15) is 0 Å². The molecule has 2 aromatic rings. The van der Waals surface area contributed by atoms with Gasteiger partial charge in [-0.15, -0.1) is 0 Å². The summed E-state index contributed by atoms with van der Waals surface area (Å²) in [5.74, 6) is -1.19. The van der Waals surface area contributed by atoms with E-state index < -0.39 is 10.9 Å². The number of carbonyl (C=O) groups is 1. The standard InChI is InChI=1S/C13H9N5O4/c14-17-16-9-3-6-12(11(7-9)13(19)20)15-8-1-4-10(5-2-8)18(21)22/h1-7,15H,(H,19,20). The van der Waals surface area contributed by atoms with Crippen molar-refractivity contribution in [1.82, 2.24) is 0 Å². The van der Waals surface area contributed by atoms with Gasteiger partial charge in [0.05, 0.1) is 16.2 Å². The third-order valence-corrected chi connectivity index (χ3v) is 2.75.